The van der Waals surface area contributed by atoms with Gasteiger partial charge in [-0.1, -0.05) is 35.6 Å². The Labute approximate surface area is 208 Å². The number of allylic oxidation sites excluding steroid dienone is 1. The van der Waals surface area contributed by atoms with Crippen LogP contribution < -0.4 is 24.5 Å². The standard InChI is InChI=1S/C27H29N3O4S/c1-7-34-26(32)23-17(3)28-27-30(24(23)19-10-12-20(13-11-19)29(4)5)25(31)22(35-27)15-18-9-8-16(2)21(14-18)33-6/h8-15,24H,7H2,1-6H3/b22-15+/t24-/m0/s1. The summed E-state index contributed by atoms with van der Waals surface area (Å²) in [6, 6.07) is 13.0. The summed E-state index contributed by atoms with van der Waals surface area (Å²) < 4.78 is 12.9. The van der Waals surface area contributed by atoms with Crippen LogP contribution in [0.3, 0.4) is 0 Å². The minimum Gasteiger partial charge on any atom is -0.496 e. The van der Waals surface area contributed by atoms with E-state index >= 15 is 0 Å². The van der Waals surface area contributed by atoms with Gasteiger partial charge in [0.2, 0.25) is 0 Å². The number of rotatable bonds is 6. The Morgan fingerprint density at radius 3 is 2.51 bits per heavy atom. The number of nitrogens with zero attached hydrogens (tertiary/aromatic N) is 3. The van der Waals surface area contributed by atoms with Gasteiger partial charge in [0.1, 0.15) is 5.75 Å². The van der Waals surface area contributed by atoms with Crippen molar-refractivity contribution in [3.8, 4) is 5.75 Å². The topological polar surface area (TPSA) is 73.1 Å². The molecule has 35 heavy (non-hydrogen) atoms. The third kappa shape index (κ3) is 4.66. The molecule has 3 aromatic rings. The van der Waals surface area contributed by atoms with Crippen LogP contribution in [0, 0.1) is 6.92 Å². The van der Waals surface area contributed by atoms with Crippen LogP contribution in [0.4, 0.5) is 5.69 Å². The highest BCUT2D eigenvalue weighted by Gasteiger charge is 2.33. The van der Waals surface area contributed by atoms with Crippen LogP contribution in [0.2, 0.25) is 0 Å². The molecule has 0 aliphatic carbocycles. The van der Waals surface area contributed by atoms with Gasteiger partial charge in [0.05, 0.1) is 35.6 Å². The summed E-state index contributed by atoms with van der Waals surface area (Å²) in [5.41, 5.74) is 4.43. The summed E-state index contributed by atoms with van der Waals surface area (Å²) in [6.07, 6.45) is 1.83. The van der Waals surface area contributed by atoms with Gasteiger partial charge in [-0.25, -0.2) is 9.79 Å². The van der Waals surface area contributed by atoms with Gasteiger partial charge >= 0.3 is 5.97 Å². The predicted octanol–water partition coefficient (Wildman–Crippen LogP) is 3.18. The number of hydrogen-bond acceptors (Lipinski definition) is 7. The Morgan fingerprint density at radius 2 is 1.89 bits per heavy atom. The van der Waals surface area contributed by atoms with Gasteiger partial charge in [-0.05, 0) is 61.7 Å². The van der Waals surface area contributed by atoms with E-state index in [0.717, 1.165) is 28.1 Å². The average molecular weight is 492 g/mol. The molecule has 0 bridgehead atoms. The van der Waals surface area contributed by atoms with Crippen molar-refractivity contribution < 1.29 is 14.3 Å². The molecule has 0 N–H and O–H groups in total. The number of carbonyl (C=O) groups excluding carboxylic acids is 1. The molecule has 0 saturated carbocycles. The van der Waals surface area contributed by atoms with Crippen LogP contribution in [0.15, 0.2) is 63.5 Å². The smallest absolute Gasteiger partial charge is 0.338 e. The maximum absolute atomic E-state index is 13.7. The average Bonchev–Trinajstić information content (AvgIpc) is 3.13. The lowest BCUT2D eigenvalue weighted by Gasteiger charge is -2.25. The second kappa shape index (κ2) is 9.92. The van der Waals surface area contributed by atoms with Gasteiger partial charge in [0.25, 0.3) is 5.56 Å². The van der Waals surface area contributed by atoms with E-state index < -0.39 is 12.0 Å². The molecule has 0 fully saturated rings. The van der Waals surface area contributed by atoms with E-state index in [1.807, 2.05) is 74.5 Å². The molecule has 1 aliphatic heterocycles. The lowest BCUT2D eigenvalue weighted by molar-refractivity contribution is -0.139. The first-order chi connectivity index (χ1) is 16.7. The fraction of sp³-hybridized carbons (Fsp3) is 0.296. The highest BCUT2D eigenvalue weighted by Crippen LogP contribution is 2.31. The molecule has 7 nitrogen and oxygen atoms in total. The number of aromatic nitrogens is 1. The highest BCUT2D eigenvalue weighted by atomic mass is 32.1. The number of methoxy groups -OCH3 is 1. The number of thiazole rings is 1. The number of carbonyl (C=O) groups is 1. The van der Waals surface area contributed by atoms with E-state index in [0.29, 0.717) is 20.6 Å². The van der Waals surface area contributed by atoms with Gasteiger partial charge in [-0.15, -0.1) is 0 Å². The van der Waals surface area contributed by atoms with Crippen LogP contribution in [-0.2, 0) is 9.53 Å². The van der Waals surface area contributed by atoms with Crippen molar-refractivity contribution in [2.75, 3.05) is 32.7 Å². The Bertz CT molecular complexity index is 1480. The van der Waals surface area contributed by atoms with Crippen molar-refractivity contribution >= 4 is 29.1 Å². The number of esters is 1. The van der Waals surface area contributed by atoms with Crippen molar-refractivity contribution in [2.24, 2.45) is 4.99 Å². The second-order valence-electron chi connectivity index (χ2n) is 8.52. The van der Waals surface area contributed by atoms with Gasteiger partial charge in [0.15, 0.2) is 4.80 Å². The summed E-state index contributed by atoms with van der Waals surface area (Å²) in [5.74, 6) is 0.291. The molecule has 0 amide bonds. The summed E-state index contributed by atoms with van der Waals surface area (Å²) in [4.78, 5) is 33.9. The van der Waals surface area contributed by atoms with E-state index in [2.05, 4.69) is 4.99 Å². The first-order valence-electron chi connectivity index (χ1n) is 11.4. The van der Waals surface area contributed by atoms with Crippen LogP contribution >= 0.6 is 11.3 Å². The molecule has 2 aromatic carbocycles. The molecule has 182 valence electrons. The van der Waals surface area contributed by atoms with Crippen LogP contribution in [0.5, 0.6) is 5.75 Å². The molecular formula is C27H29N3O4S. The van der Waals surface area contributed by atoms with Crippen molar-refractivity contribution in [1.82, 2.24) is 4.57 Å². The molecule has 4 rings (SSSR count). The molecule has 8 heteroatoms. The first kappa shape index (κ1) is 24.5. The van der Waals surface area contributed by atoms with Crippen molar-refractivity contribution in [3.05, 3.63) is 90.1 Å². The SMILES string of the molecule is CCOC(=O)C1=C(C)N=c2s/c(=C/c3ccc(C)c(OC)c3)c(=O)n2[C@H]1c1ccc(N(C)C)cc1. The Morgan fingerprint density at radius 1 is 1.17 bits per heavy atom. The fourth-order valence-electron chi connectivity index (χ4n) is 4.14. The molecule has 1 atom stereocenters. The monoisotopic (exact) mass is 491 g/mol. The molecular weight excluding hydrogens is 462 g/mol. The quantitative estimate of drug-likeness (QED) is 0.495. The Balaban J connectivity index is 1.92. The molecule has 1 aliphatic rings. The summed E-state index contributed by atoms with van der Waals surface area (Å²) in [6.45, 7) is 5.76. The molecule has 0 saturated heterocycles. The Kier molecular flexibility index (Phi) is 6.93. The van der Waals surface area contributed by atoms with E-state index in [1.165, 1.54) is 11.3 Å². The zero-order valence-electron chi connectivity index (χ0n) is 20.8. The number of anilines is 1. The third-order valence-electron chi connectivity index (χ3n) is 5.97. The van der Waals surface area contributed by atoms with Gasteiger partial charge in [-0.3, -0.25) is 9.36 Å². The van der Waals surface area contributed by atoms with Gasteiger partial charge in [-0.2, -0.15) is 0 Å². The van der Waals surface area contributed by atoms with Crippen LogP contribution in [0.1, 0.15) is 36.6 Å². The zero-order valence-corrected chi connectivity index (χ0v) is 21.6. The van der Waals surface area contributed by atoms with Crippen LogP contribution in [0.25, 0.3) is 6.08 Å². The molecule has 0 spiro atoms. The van der Waals surface area contributed by atoms with E-state index in [1.54, 1.807) is 25.5 Å². The van der Waals surface area contributed by atoms with Gasteiger partial charge < -0.3 is 14.4 Å². The maximum atomic E-state index is 13.7. The van der Waals surface area contributed by atoms with Gasteiger partial charge in [0, 0.05) is 19.8 Å². The summed E-state index contributed by atoms with van der Waals surface area (Å²) in [7, 11) is 5.56. The molecule has 2 heterocycles. The largest absolute Gasteiger partial charge is 0.496 e. The molecule has 0 unspecified atom stereocenters. The number of aryl methyl sites for hydroxylation is 1. The number of fused-ring (bicyclic) bond motifs is 1. The summed E-state index contributed by atoms with van der Waals surface area (Å²) >= 11 is 1.30. The van der Waals surface area contributed by atoms with Crippen molar-refractivity contribution in [2.45, 2.75) is 26.8 Å². The number of ether oxygens (including phenoxy) is 2. The molecule has 0 radical (unpaired) electrons. The number of benzene rings is 2. The minimum atomic E-state index is -0.629. The minimum absolute atomic E-state index is 0.204. The fourth-order valence-corrected chi connectivity index (χ4v) is 5.19. The van der Waals surface area contributed by atoms with Crippen LogP contribution in [-0.4, -0.2) is 38.3 Å². The molecule has 1 aromatic heterocycles. The predicted molar refractivity (Wildman–Crippen MR) is 139 cm³/mol. The highest BCUT2D eigenvalue weighted by molar-refractivity contribution is 7.07. The van der Waals surface area contributed by atoms with E-state index in [9.17, 15) is 9.59 Å². The number of hydrogen-bond donors (Lipinski definition) is 0. The first-order valence-corrected chi connectivity index (χ1v) is 12.2. The zero-order chi connectivity index (χ0) is 25.3. The Hall–Kier alpha value is -3.65. The van der Waals surface area contributed by atoms with E-state index in [4.69, 9.17) is 9.47 Å². The summed E-state index contributed by atoms with van der Waals surface area (Å²) in [5, 5.41) is 0. The van der Waals surface area contributed by atoms with Crippen molar-refractivity contribution in [3.63, 3.8) is 0 Å². The lowest BCUT2D eigenvalue weighted by atomic mass is 9.95. The third-order valence-corrected chi connectivity index (χ3v) is 6.96. The second-order valence-corrected chi connectivity index (χ2v) is 9.53. The maximum Gasteiger partial charge on any atom is 0.338 e. The normalized spacial score (nSPS) is 15.5. The van der Waals surface area contributed by atoms with Crippen molar-refractivity contribution in [1.29, 1.82) is 0 Å². The van der Waals surface area contributed by atoms with E-state index in [-0.39, 0.29) is 12.2 Å². The lowest BCUT2D eigenvalue weighted by Crippen LogP contribution is -2.39.